The molecule has 1 aromatic heterocycles. The van der Waals surface area contributed by atoms with E-state index in [2.05, 4.69) is 30.1 Å². The van der Waals surface area contributed by atoms with Gasteiger partial charge in [-0.25, -0.2) is 4.98 Å². The fourth-order valence-electron chi connectivity index (χ4n) is 3.28. The van der Waals surface area contributed by atoms with Crippen LogP contribution in [0.2, 0.25) is 5.02 Å². The maximum atomic E-state index is 6.17. The van der Waals surface area contributed by atoms with Gasteiger partial charge in [0.25, 0.3) is 0 Å². The second-order valence-electron chi connectivity index (χ2n) is 6.55. The first-order valence-electron chi connectivity index (χ1n) is 9.21. The summed E-state index contributed by atoms with van der Waals surface area (Å²) in [6, 6.07) is 6.06. The topological polar surface area (TPSA) is 66.7 Å². The number of imidazole rings is 1. The minimum absolute atomic E-state index is 0. The molecule has 0 amide bonds. The van der Waals surface area contributed by atoms with Crippen molar-refractivity contribution in [3.05, 3.63) is 41.9 Å². The van der Waals surface area contributed by atoms with Gasteiger partial charge in [0, 0.05) is 56.7 Å². The molecule has 0 spiro atoms. The van der Waals surface area contributed by atoms with Crippen molar-refractivity contribution in [2.75, 3.05) is 38.7 Å². The number of ether oxygens (including phenoxy) is 1. The van der Waals surface area contributed by atoms with Gasteiger partial charge in [0.1, 0.15) is 5.75 Å². The van der Waals surface area contributed by atoms with Crippen molar-refractivity contribution < 1.29 is 4.74 Å². The summed E-state index contributed by atoms with van der Waals surface area (Å²) in [7, 11) is 3.49. The molecule has 1 aliphatic rings. The lowest BCUT2D eigenvalue weighted by molar-refractivity contribution is 0.415. The lowest BCUT2D eigenvalue weighted by atomic mass is 10.2. The van der Waals surface area contributed by atoms with Crippen LogP contribution in [0.1, 0.15) is 12.8 Å². The molecule has 0 radical (unpaired) electrons. The Bertz CT molecular complexity index is 755. The largest absolute Gasteiger partial charge is 0.495 e. The number of aryl methyl sites for hydroxylation is 1. The van der Waals surface area contributed by atoms with Crippen LogP contribution in [-0.2, 0) is 6.54 Å². The standard InChI is InChI=1S/C19H27ClN6O.HI/c1-21-19(23-7-3-9-25-11-8-22-14-25)24-16-6-10-26(13-16)17-12-15(20)4-5-18(17)27-2;/h4-5,8,11-12,14,16H,3,6-7,9-10,13H2,1-2H3,(H2,21,23,24);1H. The predicted molar refractivity (Wildman–Crippen MR) is 125 cm³/mol. The van der Waals surface area contributed by atoms with Crippen LogP contribution in [0.25, 0.3) is 0 Å². The van der Waals surface area contributed by atoms with Crippen molar-refractivity contribution in [2.45, 2.75) is 25.4 Å². The molecular weight excluding hydrogens is 491 g/mol. The lowest BCUT2D eigenvalue weighted by Gasteiger charge is -2.22. The Balaban J connectivity index is 0.00000280. The maximum absolute atomic E-state index is 6.17. The maximum Gasteiger partial charge on any atom is 0.191 e. The second kappa shape index (κ2) is 11.4. The highest BCUT2D eigenvalue weighted by atomic mass is 127. The Kier molecular flexibility index (Phi) is 9.17. The van der Waals surface area contributed by atoms with E-state index in [-0.39, 0.29) is 24.0 Å². The first-order valence-corrected chi connectivity index (χ1v) is 9.59. The molecule has 1 unspecified atom stereocenters. The summed E-state index contributed by atoms with van der Waals surface area (Å²) >= 11 is 6.17. The van der Waals surface area contributed by atoms with Crippen LogP contribution in [0.5, 0.6) is 5.75 Å². The van der Waals surface area contributed by atoms with Gasteiger partial charge in [0.2, 0.25) is 0 Å². The van der Waals surface area contributed by atoms with Crippen LogP contribution in [0, 0.1) is 0 Å². The number of hydrogen-bond donors (Lipinski definition) is 2. The molecule has 1 aliphatic heterocycles. The Labute approximate surface area is 188 Å². The molecule has 1 saturated heterocycles. The molecule has 2 aromatic rings. The number of aromatic nitrogens is 2. The number of benzene rings is 1. The lowest BCUT2D eigenvalue weighted by Crippen LogP contribution is -2.45. The molecule has 1 aromatic carbocycles. The van der Waals surface area contributed by atoms with Crippen LogP contribution in [0.3, 0.4) is 0 Å². The summed E-state index contributed by atoms with van der Waals surface area (Å²) in [5.74, 6) is 1.69. The van der Waals surface area contributed by atoms with Crippen molar-refractivity contribution >= 4 is 47.2 Å². The molecule has 28 heavy (non-hydrogen) atoms. The molecule has 9 heteroatoms. The van der Waals surface area contributed by atoms with Gasteiger partial charge in [0.05, 0.1) is 19.1 Å². The third-order valence-corrected chi connectivity index (χ3v) is 4.91. The van der Waals surface area contributed by atoms with E-state index in [0.29, 0.717) is 6.04 Å². The van der Waals surface area contributed by atoms with Gasteiger partial charge in [-0.1, -0.05) is 11.6 Å². The zero-order chi connectivity index (χ0) is 19.1. The van der Waals surface area contributed by atoms with Crippen LogP contribution in [0.15, 0.2) is 41.9 Å². The van der Waals surface area contributed by atoms with Gasteiger partial charge < -0.3 is 24.8 Å². The highest BCUT2D eigenvalue weighted by molar-refractivity contribution is 14.0. The molecule has 0 aliphatic carbocycles. The van der Waals surface area contributed by atoms with Crippen LogP contribution in [-0.4, -0.2) is 55.3 Å². The Morgan fingerprint density at radius 2 is 2.29 bits per heavy atom. The van der Waals surface area contributed by atoms with Crippen molar-refractivity contribution in [2.24, 2.45) is 4.99 Å². The normalized spacial score (nSPS) is 16.6. The van der Waals surface area contributed by atoms with Crippen molar-refractivity contribution in [1.29, 1.82) is 0 Å². The van der Waals surface area contributed by atoms with Gasteiger partial charge in [-0.2, -0.15) is 0 Å². The molecule has 1 fully saturated rings. The molecule has 7 nitrogen and oxygen atoms in total. The van der Waals surface area contributed by atoms with E-state index in [1.165, 1.54) is 0 Å². The van der Waals surface area contributed by atoms with E-state index in [0.717, 1.165) is 61.4 Å². The Morgan fingerprint density at radius 1 is 1.43 bits per heavy atom. The average Bonchev–Trinajstić information content (AvgIpc) is 3.36. The van der Waals surface area contributed by atoms with Crippen LogP contribution in [0.4, 0.5) is 5.69 Å². The Hall–Kier alpha value is -1.68. The zero-order valence-electron chi connectivity index (χ0n) is 16.3. The minimum atomic E-state index is 0. The fraction of sp³-hybridized carbons (Fsp3) is 0.474. The first kappa shape index (κ1) is 22.6. The van der Waals surface area contributed by atoms with Gasteiger partial charge in [0.15, 0.2) is 5.96 Å². The van der Waals surface area contributed by atoms with E-state index in [1.807, 2.05) is 30.7 Å². The monoisotopic (exact) mass is 518 g/mol. The number of halogens is 2. The summed E-state index contributed by atoms with van der Waals surface area (Å²) < 4.78 is 7.56. The third kappa shape index (κ3) is 6.16. The number of rotatable bonds is 7. The summed E-state index contributed by atoms with van der Waals surface area (Å²) in [6.45, 7) is 3.63. The quantitative estimate of drug-likeness (QED) is 0.255. The highest BCUT2D eigenvalue weighted by Crippen LogP contribution is 2.33. The molecule has 2 heterocycles. The third-order valence-electron chi connectivity index (χ3n) is 4.68. The SMILES string of the molecule is CN=C(NCCCn1ccnc1)NC1CCN(c2cc(Cl)ccc2OC)C1.I. The number of methoxy groups -OCH3 is 1. The average molecular weight is 519 g/mol. The summed E-state index contributed by atoms with van der Waals surface area (Å²) in [5.41, 5.74) is 1.04. The van der Waals surface area contributed by atoms with E-state index < -0.39 is 0 Å². The molecule has 3 rings (SSSR count). The number of nitrogens with zero attached hydrogens (tertiary/aromatic N) is 4. The molecule has 2 N–H and O–H groups in total. The number of anilines is 1. The highest BCUT2D eigenvalue weighted by Gasteiger charge is 2.25. The molecular formula is C19H28ClIN6O. The summed E-state index contributed by atoms with van der Waals surface area (Å²) in [4.78, 5) is 10.7. The molecule has 1 atom stereocenters. The van der Waals surface area contributed by atoms with Crippen molar-refractivity contribution in [3.8, 4) is 5.75 Å². The van der Waals surface area contributed by atoms with E-state index in [4.69, 9.17) is 16.3 Å². The van der Waals surface area contributed by atoms with Gasteiger partial charge >= 0.3 is 0 Å². The van der Waals surface area contributed by atoms with Crippen molar-refractivity contribution in [1.82, 2.24) is 20.2 Å². The number of aliphatic imine (C=N–C) groups is 1. The van der Waals surface area contributed by atoms with Crippen molar-refractivity contribution in [3.63, 3.8) is 0 Å². The van der Waals surface area contributed by atoms with E-state index in [9.17, 15) is 0 Å². The predicted octanol–water partition coefficient (Wildman–Crippen LogP) is 3.00. The number of hydrogen-bond acceptors (Lipinski definition) is 4. The molecule has 0 bridgehead atoms. The second-order valence-corrected chi connectivity index (χ2v) is 6.98. The first-order chi connectivity index (χ1) is 13.2. The fourth-order valence-corrected chi connectivity index (χ4v) is 3.45. The van der Waals surface area contributed by atoms with Gasteiger partial charge in [-0.15, -0.1) is 24.0 Å². The molecule has 0 saturated carbocycles. The zero-order valence-corrected chi connectivity index (χ0v) is 19.4. The minimum Gasteiger partial charge on any atom is -0.495 e. The number of guanidine groups is 1. The van der Waals surface area contributed by atoms with E-state index in [1.54, 1.807) is 20.4 Å². The molecule has 154 valence electrons. The summed E-state index contributed by atoms with van der Waals surface area (Å²) in [5, 5.41) is 7.62. The van der Waals surface area contributed by atoms with Crippen LogP contribution >= 0.6 is 35.6 Å². The van der Waals surface area contributed by atoms with Gasteiger partial charge in [-0.3, -0.25) is 4.99 Å². The van der Waals surface area contributed by atoms with Gasteiger partial charge in [-0.05, 0) is 31.0 Å². The Morgan fingerprint density at radius 3 is 3.00 bits per heavy atom. The van der Waals surface area contributed by atoms with E-state index >= 15 is 0 Å². The van der Waals surface area contributed by atoms with Crippen LogP contribution < -0.4 is 20.3 Å². The smallest absolute Gasteiger partial charge is 0.191 e. The number of nitrogens with one attached hydrogen (secondary N) is 2. The summed E-state index contributed by atoms with van der Waals surface area (Å²) in [6.07, 6.45) is 7.65.